The number of para-hydroxylation sites is 2. The summed E-state index contributed by atoms with van der Waals surface area (Å²) in [5.41, 5.74) is 0.738. The second kappa shape index (κ2) is 5.71. The average Bonchev–Trinajstić information content (AvgIpc) is 2.76. The van der Waals surface area contributed by atoms with Gasteiger partial charge in [-0.3, -0.25) is 0 Å². The molecule has 0 aromatic heterocycles. The number of rotatable bonds is 3. The Kier molecular flexibility index (Phi) is 4.16. The Morgan fingerprint density at radius 3 is 2.62 bits per heavy atom. The third-order valence-corrected chi connectivity index (χ3v) is 3.49. The number of alkyl halides is 2. The Bertz CT molecular complexity index is 567. The lowest BCUT2D eigenvalue weighted by Crippen LogP contribution is -2.51. The third-order valence-electron chi connectivity index (χ3n) is 3.49. The van der Waals surface area contributed by atoms with Gasteiger partial charge in [0.15, 0.2) is 0 Å². The minimum atomic E-state index is -3.43. The molecule has 0 radical (unpaired) electrons. The molecular weight excluding hydrogens is 278 g/mol. The number of phenols is 1. The van der Waals surface area contributed by atoms with Gasteiger partial charge in [0.05, 0.1) is 11.7 Å². The van der Waals surface area contributed by atoms with Crippen molar-refractivity contribution in [3.05, 3.63) is 35.9 Å². The lowest BCUT2D eigenvalue weighted by atomic mass is 10.1. The molecule has 1 aromatic carbocycles. The molecule has 114 valence electrons. The van der Waals surface area contributed by atoms with Crippen molar-refractivity contribution in [2.45, 2.75) is 38.8 Å². The number of amides is 2. The molecule has 2 N–H and O–H groups in total. The van der Waals surface area contributed by atoms with Crippen LogP contribution in [0.4, 0.5) is 19.3 Å². The maximum atomic E-state index is 13.8. The van der Waals surface area contributed by atoms with Gasteiger partial charge in [-0.1, -0.05) is 23.8 Å². The van der Waals surface area contributed by atoms with Gasteiger partial charge in [0.25, 0.3) is 0 Å². The summed E-state index contributed by atoms with van der Waals surface area (Å²) < 4.78 is 27.6. The fourth-order valence-electron chi connectivity index (χ4n) is 2.40. The highest BCUT2D eigenvalue weighted by atomic mass is 19.3. The van der Waals surface area contributed by atoms with Crippen LogP contribution >= 0.6 is 0 Å². The summed E-state index contributed by atoms with van der Waals surface area (Å²) in [5.74, 6) is -0.368. The van der Waals surface area contributed by atoms with Crippen LogP contribution < -0.4 is 10.2 Å². The summed E-state index contributed by atoms with van der Waals surface area (Å²) in [6, 6.07) is 0.941. The molecule has 4 nitrogen and oxygen atoms in total. The van der Waals surface area contributed by atoms with Crippen molar-refractivity contribution in [1.29, 1.82) is 0 Å². The normalized spacial score (nSPS) is 18.3. The molecule has 0 bridgehead atoms. The highest BCUT2D eigenvalue weighted by Gasteiger charge is 2.39. The number of aromatic hydroxyl groups is 1. The first-order chi connectivity index (χ1) is 9.80. The van der Waals surface area contributed by atoms with Crippen LogP contribution in [0.2, 0.25) is 0 Å². The molecule has 1 aromatic rings. The van der Waals surface area contributed by atoms with Crippen LogP contribution in [0.25, 0.3) is 0 Å². The lowest BCUT2D eigenvalue weighted by molar-refractivity contribution is 0.0257. The van der Waals surface area contributed by atoms with E-state index in [1.54, 1.807) is 0 Å². The van der Waals surface area contributed by atoms with Crippen LogP contribution in [0.1, 0.15) is 26.7 Å². The van der Waals surface area contributed by atoms with Crippen molar-refractivity contribution < 1.29 is 18.7 Å². The van der Waals surface area contributed by atoms with E-state index in [0.29, 0.717) is 13.3 Å². The molecule has 0 saturated carbocycles. The first kappa shape index (κ1) is 15.3. The molecule has 0 saturated heterocycles. The van der Waals surface area contributed by atoms with Crippen LogP contribution in [0.3, 0.4) is 0 Å². The van der Waals surface area contributed by atoms with Crippen LogP contribution in [0, 0.1) is 0 Å². The standard InChI is InChI=1S/C15H18F2N2O2/c1-10-6-5-7-11(10)18-14(21)19(15(2,16)17)12-8-3-4-9-13(12)20/h3-4,6,8-9,11,20H,5,7H2,1-2H3,(H,18,21). The molecule has 1 unspecified atom stereocenters. The van der Waals surface area contributed by atoms with Crippen LogP contribution in [0.5, 0.6) is 5.75 Å². The van der Waals surface area contributed by atoms with E-state index in [4.69, 9.17) is 0 Å². The summed E-state index contributed by atoms with van der Waals surface area (Å²) in [5, 5.41) is 12.3. The Labute approximate surface area is 122 Å². The molecule has 1 atom stereocenters. The molecule has 2 amide bonds. The first-order valence-electron chi connectivity index (χ1n) is 6.74. The topological polar surface area (TPSA) is 52.6 Å². The number of nitrogens with one attached hydrogen (secondary N) is 1. The largest absolute Gasteiger partial charge is 0.506 e. The van der Waals surface area contributed by atoms with Crippen molar-refractivity contribution in [2.75, 3.05) is 4.90 Å². The first-order valence-corrected chi connectivity index (χ1v) is 6.74. The molecule has 0 fully saturated rings. The summed E-state index contributed by atoms with van der Waals surface area (Å²) >= 11 is 0. The van der Waals surface area contributed by atoms with E-state index in [0.717, 1.165) is 12.0 Å². The Hall–Kier alpha value is -2.11. The molecule has 21 heavy (non-hydrogen) atoms. The third kappa shape index (κ3) is 3.32. The monoisotopic (exact) mass is 296 g/mol. The SMILES string of the molecule is CC1=CCCC1NC(=O)N(c1ccccc1O)C(C)(F)F. The zero-order valence-electron chi connectivity index (χ0n) is 11.9. The molecular formula is C15H18F2N2O2. The van der Waals surface area contributed by atoms with E-state index < -0.39 is 12.1 Å². The van der Waals surface area contributed by atoms with Crippen LogP contribution in [-0.2, 0) is 0 Å². The number of carbonyl (C=O) groups excluding carboxylic acids is 1. The molecule has 0 heterocycles. The smallest absolute Gasteiger partial charge is 0.330 e. The predicted molar refractivity (Wildman–Crippen MR) is 76.5 cm³/mol. The highest BCUT2D eigenvalue weighted by Crippen LogP contribution is 2.34. The number of anilines is 1. The van der Waals surface area contributed by atoms with Gasteiger partial charge in [0.1, 0.15) is 5.75 Å². The van der Waals surface area contributed by atoms with E-state index >= 15 is 0 Å². The van der Waals surface area contributed by atoms with Gasteiger partial charge in [-0.15, -0.1) is 0 Å². The maximum Gasteiger partial charge on any atom is 0.330 e. The fraction of sp³-hybridized carbons (Fsp3) is 0.400. The molecule has 2 rings (SSSR count). The van der Waals surface area contributed by atoms with Gasteiger partial charge in [0, 0.05) is 6.92 Å². The minimum Gasteiger partial charge on any atom is -0.506 e. The van der Waals surface area contributed by atoms with Gasteiger partial charge < -0.3 is 10.4 Å². The van der Waals surface area contributed by atoms with Crippen molar-refractivity contribution in [2.24, 2.45) is 0 Å². The van der Waals surface area contributed by atoms with Gasteiger partial charge in [-0.25, -0.2) is 9.69 Å². The Morgan fingerprint density at radius 1 is 1.43 bits per heavy atom. The fourth-order valence-corrected chi connectivity index (χ4v) is 2.40. The second-order valence-electron chi connectivity index (χ2n) is 5.19. The summed E-state index contributed by atoms with van der Waals surface area (Å²) in [4.78, 5) is 12.5. The summed E-state index contributed by atoms with van der Waals surface area (Å²) in [7, 11) is 0. The number of hydrogen-bond acceptors (Lipinski definition) is 2. The second-order valence-corrected chi connectivity index (χ2v) is 5.19. The van der Waals surface area contributed by atoms with E-state index in [-0.39, 0.29) is 22.4 Å². The Morgan fingerprint density at radius 2 is 2.10 bits per heavy atom. The van der Waals surface area contributed by atoms with Gasteiger partial charge in [-0.05, 0) is 31.9 Å². The van der Waals surface area contributed by atoms with Crippen LogP contribution in [-0.4, -0.2) is 23.2 Å². The van der Waals surface area contributed by atoms with Crippen LogP contribution in [0.15, 0.2) is 35.9 Å². The lowest BCUT2D eigenvalue weighted by Gasteiger charge is -2.30. The number of benzene rings is 1. The van der Waals surface area contributed by atoms with Gasteiger partial charge >= 0.3 is 12.1 Å². The molecule has 6 heteroatoms. The zero-order valence-corrected chi connectivity index (χ0v) is 11.9. The predicted octanol–water partition coefficient (Wildman–Crippen LogP) is 3.63. The van der Waals surface area contributed by atoms with E-state index in [2.05, 4.69) is 5.32 Å². The molecule has 0 spiro atoms. The van der Waals surface area contributed by atoms with Crippen molar-refractivity contribution in [3.63, 3.8) is 0 Å². The number of nitrogens with zero attached hydrogens (tertiary/aromatic N) is 1. The van der Waals surface area contributed by atoms with Gasteiger partial charge in [-0.2, -0.15) is 8.78 Å². The summed E-state index contributed by atoms with van der Waals surface area (Å²) in [6.45, 7) is 2.47. The number of urea groups is 1. The number of halogens is 2. The molecule has 1 aliphatic rings. The number of phenolic OH excluding ortho intramolecular Hbond substituents is 1. The average molecular weight is 296 g/mol. The Balaban J connectivity index is 2.27. The van der Waals surface area contributed by atoms with E-state index in [9.17, 15) is 18.7 Å². The summed E-state index contributed by atoms with van der Waals surface area (Å²) in [6.07, 6.45) is 3.48. The van der Waals surface area contributed by atoms with E-state index in [1.807, 2.05) is 13.0 Å². The molecule has 0 aliphatic heterocycles. The number of allylic oxidation sites excluding steroid dienone is 1. The van der Waals surface area contributed by atoms with Gasteiger partial charge in [0.2, 0.25) is 0 Å². The van der Waals surface area contributed by atoms with Crippen molar-refractivity contribution in [3.8, 4) is 5.75 Å². The van der Waals surface area contributed by atoms with E-state index in [1.165, 1.54) is 24.3 Å². The number of carbonyl (C=O) groups is 1. The van der Waals surface area contributed by atoms with Crippen molar-refractivity contribution >= 4 is 11.7 Å². The zero-order chi connectivity index (χ0) is 15.6. The number of hydrogen-bond donors (Lipinski definition) is 2. The highest BCUT2D eigenvalue weighted by molar-refractivity contribution is 5.94. The molecule has 1 aliphatic carbocycles. The van der Waals surface area contributed by atoms with Crippen molar-refractivity contribution in [1.82, 2.24) is 5.32 Å². The quantitative estimate of drug-likeness (QED) is 0.661. The maximum absolute atomic E-state index is 13.8. The minimum absolute atomic E-state index is 0.220.